The van der Waals surface area contributed by atoms with Crippen molar-refractivity contribution < 1.29 is 19.1 Å². The first kappa shape index (κ1) is 18.0. The number of piperidine rings is 1. The second-order valence-electron chi connectivity index (χ2n) is 6.55. The van der Waals surface area contributed by atoms with Gasteiger partial charge in [-0.1, -0.05) is 0 Å². The Kier molecular flexibility index (Phi) is 5.50. The van der Waals surface area contributed by atoms with Crippen LogP contribution in [0.2, 0.25) is 0 Å². The first-order valence-electron chi connectivity index (χ1n) is 7.18. The molecule has 2 rings (SSSR count). The molecule has 4 atom stereocenters. The van der Waals surface area contributed by atoms with Gasteiger partial charge < -0.3 is 15.2 Å². The van der Waals surface area contributed by atoms with E-state index in [1.54, 1.807) is 27.7 Å². The first-order valence-corrected chi connectivity index (χ1v) is 7.18. The van der Waals surface area contributed by atoms with Crippen LogP contribution in [0.5, 0.6) is 0 Å². The molecule has 6 nitrogen and oxygen atoms in total. The number of amides is 1. The van der Waals surface area contributed by atoms with Gasteiger partial charge in [0.2, 0.25) is 0 Å². The molecule has 0 unspecified atom stereocenters. The molecule has 0 spiro atoms. The number of nitrogens with two attached hydrogens (primary N) is 1. The Morgan fingerprint density at radius 3 is 2.43 bits per heavy atom. The molecule has 1 heterocycles. The maximum Gasteiger partial charge on any atom is 0.411 e. The molecule has 2 fully saturated rings. The fourth-order valence-corrected chi connectivity index (χ4v) is 3.20. The molecule has 7 heteroatoms. The third kappa shape index (κ3) is 3.61. The average molecular weight is 321 g/mol. The Hall–Kier alpha value is -1.01. The topological polar surface area (TPSA) is 81.9 Å². The van der Waals surface area contributed by atoms with Gasteiger partial charge in [0.25, 0.3) is 0 Å². The molecule has 0 aromatic heterocycles. The SMILES string of the molecule is CCOC(=O)[C@@H]1[C@H]2C[C@@H](N)[C@H](C2)N1C(=O)OC(C)(C)C.Cl. The van der Waals surface area contributed by atoms with Crippen LogP contribution in [0.3, 0.4) is 0 Å². The largest absolute Gasteiger partial charge is 0.464 e. The molecule has 1 aliphatic heterocycles. The van der Waals surface area contributed by atoms with Gasteiger partial charge in [-0.15, -0.1) is 12.4 Å². The summed E-state index contributed by atoms with van der Waals surface area (Å²) in [4.78, 5) is 26.0. The zero-order chi connectivity index (χ0) is 15.1. The minimum Gasteiger partial charge on any atom is -0.464 e. The van der Waals surface area contributed by atoms with Crippen LogP contribution in [-0.4, -0.2) is 47.3 Å². The number of halogens is 1. The summed E-state index contributed by atoms with van der Waals surface area (Å²) in [5, 5.41) is 0. The first-order chi connectivity index (χ1) is 9.24. The number of fused-ring (bicyclic) bond motifs is 2. The number of rotatable bonds is 2. The molecule has 0 aromatic carbocycles. The third-order valence-corrected chi connectivity index (χ3v) is 3.85. The molecule has 2 bridgehead atoms. The van der Waals surface area contributed by atoms with E-state index in [0.29, 0.717) is 6.61 Å². The maximum atomic E-state index is 12.4. The molecule has 1 saturated carbocycles. The molecule has 0 aromatic rings. The minimum absolute atomic E-state index is 0. The van der Waals surface area contributed by atoms with Gasteiger partial charge in [0.1, 0.15) is 11.6 Å². The van der Waals surface area contributed by atoms with Crippen molar-refractivity contribution >= 4 is 24.5 Å². The number of hydrogen-bond acceptors (Lipinski definition) is 5. The number of nitrogens with zero attached hydrogens (tertiary/aromatic N) is 1. The van der Waals surface area contributed by atoms with Crippen molar-refractivity contribution in [1.82, 2.24) is 4.90 Å². The van der Waals surface area contributed by atoms with Gasteiger partial charge in [0, 0.05) is 6.04 Å². The van der Waals surface area contributed by atoms with Crippen LogP contribution >= 0.6 is 12.4 Å². The van der Waals surface area contributed by atoms with Crippen LogP contribution in [0.15, 0.2) is 0 Å². The van der Waals surface area contributed by atoms with E-state index in [2.05, 4.69) is 0 Å². The predicted octanol–water partition coefficient (Wildman–Crippen LogP) is 1.70. The highest BCUT2D eigenvalue weighted by Gasteiger charge is 2.56. The summed E-state index contributed by atoms with van der Waals surface area (Å²) in [5.74, 6) is -0.265. The third-order valence-electron chi connectivity index (χ3n) is 3.85. The minimum atomic E-state index is -0.595. The van der Waals surface area contributed by atoms with Crippen molar-refractivity contribution in [3.05, 3.63) is 0 Å². The van der Waals surface area contributed by atoms with Gasteiger partial charge in [-0.2, -0.15) is 0 Å². The lowest BCUT2D eigenvalue weighted by Gasteiger charge is -2.37. The Morgan fingerprint density at radius 2 is 1.90 bits per heavy atom. The highest BCUT2D eigenvalue weighted by molar-refractivity contribution is 5.85. The van der Waals surface area contributed by atoms with Crippen LogP contribution in [0.4, 0.5) is 4.79 Å². The van der Waals surface area contributed by atoms with Crippen LogP contribution in [-0.2, 0) is 14.3 Å². The van der Waals surface area contributed by atoms with Gasteiger partial charge in [0.05, 0.1) is 12.6 Å². The summed E-state index contributed by atoms with van der Waals surface area (Å²) in [6.45, 7) is 7.48. The maximum absolute atomic E-state index is 12.4. The van der Waals surface area contributed by atoms with E-state index in [0.717, 1.165) is 12.8 Å². The van der Waals surface area contributed by atoms with Gasteiger partial charge in [-0.25, -0.2) is 9.59 Å². The number of ether oxygens (including phenoxy) is 2. The number of likely N-dealkylation sites (tertiary alicyclic amines) is 1. The van der Waals surface area contributed by atoms with Crippen LogP contribution in [0.25, 0.3) is 0 Å². The second-order valence-corrected chi connectivity index (χ2v) is 6.55. The van der Waals surface area contributed by atoms with Crippen LogP contribution in [0.1, 0.15) is 40.5 Å². The zero-order valence-corrected chi connectivity index (χ0v) is 13.8. The molecular weight excluding hydrogens is 296 g/mol. The standard InChI is InChI=1S/C14H24N2O4.ClH/c1-5-19-12(17)11-8-6-9(15)10(7-8)16(11)13(18)20-14(2,3)4;/h8-11H,5-7,15H2,1-4H3;1H/t8-,9+,10-,11-;/m0./s1. The van der Waals surface area contributed by atoms with Gasteiger partial charge in [-0.3, -0.25) is 4.90 Å². The molecular formula is C14H25ClN2O4. The quantitative estimate of drug-likeness (QED) is 0.783. The van der Waals surface area contributed by atoms with Crippen molar-refractivity contribution in [2.45, 2.75) is 64.3 Å². The van der Waals surface area contributed by atoms with Crippen LogP contribution in [0, 0.1) is 5.92 Å². The van der Waals surface area contributed by atoms with E-state index < -0.39 is 17.7 Å². The lowest BCUT2D eigenvalue weighted by Crippen LogP contribution is -2.57. The van der Waals surface area contributed by atoms with Crippen molar-refractivity contribution in [2.24, 2.45) is 11.7 Å². The van der Waals surface area contributed by atoms with E-state index in [1.807, 2.05) is 0 Å². The van der Waals surface area contributed by atoms with E-state index >= 15 is 0 Å². The van der Waals surface area contributed by atoms with Crippen molar-refractivity contribution in [2.75, 3.05) is 6.61 Å². The van der Waals surface area contributed by atoms with E-state index in [1.165, 1.54) is 4.90 Å². The summed E-state index contributed by atoms with van der Waals surface area (Å²) in [5.41, 5.74) is 5.45. The highest BCUT2D eigenvalue weighted by atomic mass is 35.5. The molecule has 1 saturated heterocycles. The summed E-state index contributed by atoms with van der Waals surface area (Å²) in [6, 6.07) is -0.753. The molecule has 2 aliphatic rings. The number of hydrogen-bond donors (Lipinski definition) is 1. The summed E-state index contributed by atoms with van der Waals surface area (Å²) in [7, 11) is 0. The normalized spacial score (nSPS) is 30.8. The fourth-order valence-electron chi connectivity index (χ4n) is 3.20. The van der Waals surface area contributed by atoms with Gasteiger partial charge >= 0.3 is 12.1 Å². The smallest absolute Gasteiger partial charge is 0.411 e. The molecule has 1 aliphatic carbocycles. The van der Waals surface area contributed by atoms with E-state index in [-0.39, 0.29) is 36.4 Å². The zero-order valence-electron chi connectivity index (χ0n) is 13.0. The monoisotopic (exact) mass is 320 g/mol. The summed E-state index contributed by atoms with van der Waals surface area (Å²) < 4.78 is 10.5. The molecule has 0 radical (unpaired) electrons. The fraction of sp³-hybridized carbons (Fsp3) is 0.857. The number of esters is 1. The van der Waals surface area contributed by atoms with E-state index in [4.69, 9.17) is 15.2 Å². The van der Waals surface area contributed by atoms with E-state index in [9.17, 15) is 9.59 Å². The Labute approximate surface area is 131 Å². The van der Waals surface area contributed by atoms with Crippen LogP contribution < -0.4 is 5.73 Å². The summed E-state index contributed by atoms with van der Waals surface area (Å²) in [6.07, 6.45) is 1.04. The Balaban J connectivity index is 0.00000220. The molecule has 1 amide bonds. The molecule has 122 valence electrons. The molecule has 21 heavy (non-hydrogen) atoms. The lowest BCUT2D eigenvalue weighted by atomic mass is 9.97. The predicted molar refractivity (Wildman–Crippen MR) is 80.2 cm³/mol. The highest BCUT2D eigenvalue weighted by Crippen LogP contribution is 2.43. The second kappa shape index (κ2) is 6.40. The van der Waals surface area contributed by atoms with Crippen molar-refractivity contribution in [1.29, 1.82) is 0 Å². The molecule has 2 N–H and O–H groups in total. The number of carbonyl (C=O) groups is 2. The van der Waals surface area contributed by atoms with Crippen molar-refractivity contribution in [3.8, 4) is 0 Å². The lowest BCUT2D eigenvalue weighted by molar-refractivity contribution is -0.151. The van der Waals surface area contributed by atoms with Gasteiger partial charge in [-0.05, 0) is 46.5 Å². The van der Waals surface area contributed by atoms with Gasteiger partial charge in [0.15, 0.2) is 0 Å². The van der Waals surface area contributed by atoms with Crippen molar-refractivity contribution in [3.63, 3.8) is 0 Å². The number of carbonyl (C=O) groups excluding carboxylic acids is 2. The summed E-state index contributed by atoms with van der Waals surface area (Å²) >= 11 is 0. The Bertz CT molecular complexity index is 410. The average Bonchev–Trinajstić information content (AvgIpc) is 2.82. The Morgan fingerprint density at radius 1 is 1.29 bits per heavy atom.